The van der Waals surface area contributed by atoms with E-state index in [0.29, 0.717) is 12.5 Å². The number of rotatable bonds is 5. The molecule has 0 aliphatic carbocycles. The highest BCUT2D eigenvalue weighted by Crippen LogP contribution is 2.29. The summed E-state index contributed by atoms with van der Waals surface area (Å²) in [5.41, 5.74) is 4.57. The summed E-state index contributed by atoms with van der Waals surface area (Å²) in [7, 11) is 0. The van der Waals surface area contributed by atoms with Gasteiger partial charge in [0.15, 0.2) is 0 Å². The normalized spacial score (nSPS) is 12.6. The van der Waals surface area contributed by atoms with E-state index in [1.807, 2.05) is 0 Å². The molecule has 1 unspecified atom stereocenters. The summed E-state index contributed by atoms with van der Waals surface area (Å²) < 4.78 is 5.88. The van der Waals surface area contributed by atoms with Gasteiger partial charge in [0.05, 0.1) is 24.8 Å². The zero-order valence-corrected chi connectivity index (χ0v) is 11.4. The summed E-state index contributed by atoms with van der Waals surface area (Å²) in [5.74, 6) is 0.482. The van der Waals surface area contributed by atoms with Crippen LogP contribution in [-0.2, 0) is 4.74 Å². The Labute approximate surface area is 112 Å². The van der Waals surface area contributed by atoms with Gasteiger partial charge in [-0.05, 0) is 30.5 Å². The third-order valence-electron chi connectivity index (χ3n) is 2.97. The van der Waals surface area contributed by atoms with Crippen molar-refractivity contribution < 1.29 is 4.74 Å². The number of benzene rings is 1. The maximum Gasteiger partial charge on any atom is 0.124 e. The molecule has 96 valence electrons. The standard InChI is InChI=1S/C14H17ClN2O/c1-10-4-3-5-11(2)13(10)14(18-7-6-15)12-8-16-9-17-12/h3-5,8-9,14H,6-7H2,1-2H3,(H,16,17). The molecule has 0 fully saturated rings. The Hall–Kier alpha value is -1.32. The topological polar surface area (TPSA) is 37.9 Å². The van der Waals surface area contributed by atoms with Gasteiger partial charge in [-0.2, -0.15) is 0 Å². The Bertz CT molecular complexity index is 476. The minimum atomic E-state index is -0.132. The molecule has 1 heterocycles. The fourth-order valence-electron chi connectivity index (χ4n) is 2.14. The molecule has 1 aromatic carbocycles. The molecular weight excluding hydrogens is 248 g/mol. The Morgan fingerprint density at radius 2 is 2.06 bits per heavy atom. The molecule has 0 aliphatic rings. The van der Waals surface area contributed by atoms with Crippen molar-refractivity contribution in [3.8, 4) is 0 Å². The van der Waals surface area contributed by atoms with E-state index in [-0.39, 0.29) is 6.10 Å². The van der Waals surface area contributed by atoms with Crippen LogP contribution in [0.4, 0.5) is 0 Å². The highest BCUT2D eigenvalue weighted by atomic mass is 35.5. The van der Waals surface area contributed by atoms with E-state index in [4.69, 9.17) is 16.3 Å². The molecule has 18 heavy (non-hydrogen) atoms. The maximum absolute atomic E-state index is 5.88. The third-order valence-corrected chi connectivity index (χ3v) is 3.12. The summed E-state index contributed by atoms with van der Waals surface area (Å²) >= 11 is 5.72. The number of aromatic nitrogens is 2. The first kappa shape index (κ1) is 13.1. The first-order valence-electron chi connectivity index (χ1n) is 5.96. The van der Waals surface area contributed by atoms with Gasteiger partial charge in [-0.15, -0.1) is 11.6 Å². The third kappa shape index (κ3) is 2.74. The van der Waals surface area contributed by atoms with Gasteiger partial charge in [0.2, 0.25) is 0 Å². The summed E-state index contributed by atoms with van der Waals surface area (Å²) in [5, 5.41) is 0. The molecule has 2 rings (SSSR count). The molecule has 3 nitrogen and oxygen atoms in total. The van der Waals surface area contributed by atoms with Crippen LogP contribution >= 0.6 is 11.6 Å². The predicted octanol–water partition coefficient (Wildman–Crippen LogP) is 3.37. The molecule has 1 aromatic heterocycles. The molecule has 0 aliphatic heterocycles. The fourth-order valence-corrected chi connectivity index (χ4v) is 2.23. The van der Waals surface area contributed by atoms with Crippen LogP contribution in [0.3, 0.4) is 0 Å². The largest absolute Gasteiger partial charge is 0.366 e. The molecule has 0 bridgehead atoms. The van der Waals surface area contributed by atoms with E-state index < -0.39 is 0 Å². The Balaban J connectivity index is 2.40. The maximum atomic E-state index is 5.88. The molecule has 2 aromatic rings. The van der Waals surface area contributed by atoms with Gasteiger partial charge in [0.25, 0.3) is 0 Å². The zero-order valence-electron chi connectivity index (χ0n) is 10.6. The lowest BCUT2D eigenvalue weighted by molar-refractivity contribution is 0.0893. The van der Waals surface area contributed by atoms with Gasteiger partial charge in [-0.25, -0.2) is 4.98 Å². The van der Waals surface area contributed by atoms with E-state index >= 15 is 0 Å². The van der Waals surface area contributed by atoms with E-state index in [1.54, 1.807) is 12.5 Å². The van der Waals surface area contributed by atoms with Crippen LogP contribution < -0.4 is 0 Å². The molecular formula is C14H17ClN2O. The average Bonchev–Trinajstić information content (AvgIpc) is 2.86. The van der Waals surface area contributed by atoms with Crippen molar-refractivity contribution in [2.75, 3.05) is 12.5 Å². The number of alkyl halides is 1. The number of H-pyrrole nitrogens is 1. The van der Waals surface area contributed by atoms with Gasteiger partial charge in [0.1, 0.15) is 6.10 Å². The van der Waals surface area contributed by atoms with E-state index in [2.05, 4.69) is 42.0 Å². The Morgan fingerprint density at radius 3 is 2.61 bits per heavy atom. The van der Waals surface area contributed by atoms with Crippen molar-refractivity contribution in [2.45, 2.75) is 20.0 Å². The molecule has 0 radical (unpaired) electrons. The summed E-state index contributed by atoms with van der Waals surface area (Å²) in [6.45, 7) is 4.70. The smallest absolute Gasteiger partial charge is 0.124 e. The van der Waals surface area contributed by atoms with Gasteiger partial charge in [-0.3, -0.25) is 0 Å². The van der Waals surface area contributed by atoms with Gasteiger partial charge >= 0.3 is 0 Å². The Kier molecular flexibility index (Phi) is 4.39. The van der Waals surface area contributed by atoms with Gasteiger partial charge < -0.3 is 9.72 Å². The summed E-state index contributed by atoms with van der Waals surface area (Å²) in [6.07, 6.45) is 3.33. The monoisotopic (exact) mass is 264 g/mol. The summed E-state index contributed by atoms with van der Waals surface area (Å²) in [4.78, 5) is 7.19. The van der Waals surface area contributed by atoms with Gasteiger partial charge in [-0.1, -0.05) is 18.2 Å². The van der Waals surface area contributed by atoms with E-state index in [0.717, 1.165) is 5.69 Å². The predicted molar refractivity (Wildman–Crippen MR) is 73.0 cm³/mol. The number of nitrogens with zero attached hydrogens (tertiary/aromatic N) is 1. The van der Waals surface area contributed by atoms with Crippen LogP contribution in [0.2, 0.25) is 0 Å². The van der Waals surface area contributed by atoms with Crippen molar-refractivity contribution >= 4 is 11.6 Å². The molecule has 0 spiro atoms. The van der Waals surface area contributed by atoms with E-state index in [1.165, 1.54) is 16.7 Å². The van der Waals surface area contributed by atoms with Crippen LogP contribution in [0.25, 0.3) is 0 Å². The van der Waals surface area contributed by atoms with Crippen molar-refractivity contribution in [2.24, 2.45) is 0 Å². The van der Waals surface area contributed by atoms with Gasteiger partial charge in [0, 0.05) is 5.88 Å². The number of hydrogen-bond acceptors (Lipinski definition) is 2. The number of ether oxygens (including phenoxy) is 1. The van der Waals surface area contributed by atoms with E-state index in [9.17, 15) is 0 Å². The fraction of sp³-hybridized carbons (Fsp3) is 0.357. The number of aromatic amines is 1. The van der Waals surface area contributed by atoms with Crippen LogP contribution in [0.1, 0.15) is 28.5 Å². The minimum absolute atomic E-state index is 0.132. The minimum Gasteiger partial charge on any atom is -0.366 e. The number of hydrogen-bond donors (Lipinski definition) is 1. The second kappa shape index (κ2) is 6.03. The number of aryl methyl sites for hydroxylation is 2. The van der Waals surface area contributed by atoms with Crippen LogP contribution in [0.15, 0.2) is 30.7 Å². The molecule has 0 amide bonds. The zero-order chi connectivity index (χ0) is 13.0. The Morgan fingerprint density at radius 1 is 1.33 bits per heavy atom. The van der Waals surface area contributed by atoms with Crippen molar-refractivity contribution in [1.29, 1.82) is 0 Å². The molecule has 1 atom stereocenters. The van der Waals surface area contributed by atoms with Crippen molar-refractivity contribution in [3.05, 3.63) is 53.1 Å². The first-order valence-corrected chi connectivity index (χ1v) is 6.49. The highest BCUT2D eigenvalue weighted by Gasteiger charge is 2.19. The second-order valence-corrected chi connectivity index (χ2v) is 4.63. The van der Waals surface area contributed by atoms with Crippen molar-refractivity contribution in [1.82, 2.24) is 9.97 Å². The lowest BCUT2D eigenvalue weighted by atomic mass is 9.96. The summed E-state index contributed by atoms with van der Waals surface area (Å²) in [6, 6.07) is 6.24. The van der Waals surface area contributed by atoms with Crippen LogP contribution in [0.5, 0.6) is 0 Å². The lowest BCUT2D eigenvalue weighted by Gasteiger charge is -2.20. The number of nitrogens with one attached hydrogen (secondary N) is 1. The quantitative estimate of drug-likeness (QED) is 0.841. The average molecular weight is 265 g/mol. The number of halogens is 1. The van der Waals surface area contributed by atoms with Crippen LogP contribution in [-0.4, -0.2) is 22.5 Å². The van der Waals surface area contributed by atoms with Crippen LogP contribution in [0, 0.1) is 13.8 Å². The number of imidazole rings is 1. The molecule has 0 saturated carbocycles. The lowest BCUT2D eigenvalue weighted by Crippen LogP contribution is -2.11. The molecule has 0 saturated heterocycles. The highest BCUT2D eigenvalue weighted by molar-refractivity contribution is 6.17. The SMILES string of the molecule is Cc1cccc(C)c1C(OCCCl)c1cnc[nH]1. The van der Waals surface area contributed by atoms with Crippen molar-refractivity contribution in [3.63, 3.8) is 0 Å². The molecule has 1 N–H and O–H groups in total. The first-order chi connectivity index (χ1) is 8.74. The second-order valence-electron chi connectivity index (χ2n) is 4.25. The molecule has 4 heteroatoms.